The summed E-state index contributed by atoms with van der Waals surface area (Å²) in [7, 11) is 0. The van der Waals surface area contributed by atoms with Crippen molar-refractivity contribution >= 4 is 17.7 Å². The van der Waals surface area contributed by atoms with Gasteiger partial charge in [0.25, 0.3) is 0 Å². The predicted octanol–water partition coefficient (Wildman–Crippen LogP) is 4.56. The fraction of sp³-hybridized carbons (Fsp3) is 0.889. The third-order valence-electron chi connectivity index (χ3n) is 6.95. The molecule has 0 bridgehead atoms. The molecule has 1 rings (SSSR count). The van der Waals surface area contributed by atoms with Gasteiger partial charge in [-0.2, -0.15) is 0 Å². The van der Waals surface area contributed by atoms with Gasteiger partial charge in [0.1, 0.15) is 12.1 Å². The highest BCUT2D eigenvalue weighted by atomic mass is 16.2. The summed E-state index contributed by atoms with van der Waals surface area (Å²) in [5, 5.41) is 2.93. The molecule has 1 heterocycles. The van der Waals surface area contributed by atoms with Crippen LogP contribution in [-0.4, -0.2) is 47.8 Å². The van der Waals surface area contributed by atoms with Gasteiger partial charge >= 0.3 is 0 Å². The normalized spacial score (nSPS) is 16.5. The van der Waals surface area contributed by atoms with Crippen LogP contribution in [0, 0.1) is 0 Å². The largest absolute Gasteiger partial charge is 0.368 e. The lowest BCUT2D eigenvalue weighted by molar-refractivity contribution is -0.140. The van der Waals surface area contributed by atoms with Crippen LogP contribution in [0.15, 0.2) is 0 Å². The Bertz CT molecular complexity index is 570. The van der Waals surface area contributed by atoms with E-state index in [1.54, 1.807) is 4.90 Å². The molecule has 7 nitrogen and oxygen atoms in total. The Morgan fingerprint density at radius 2 is 1.41 bits per heavy atom. The predicted molar refractivity (Wildman–Crippen MR) is 139 cm³/mol. The van der Waals surface area contributed by atoms with Crippen molar-refractivity contribution in [1.29, 1.82) is 0 Å². The van der Waals surface area contributed by atoms with Crippen molar-refractivity contribution in [3.63, 3.8) is 0 Å². The zero-order valence-electron chi connectivity index (χ0n) is 21.8. The molecule has 0 aromatic carbocycles. The molecule has 0 aromatic rings. The number of hydrogen-bond donors (Lipinski definition) is 3. The monoisotopic (exact) mass is 480 g/mol. The lowest BCUT2D eigenvalue weighted by atomic mass is 10.0. The molecule has 0 radical (unpaired) electrons. The van der Waals surface area contributed by atoms with Gasteiger partial charge in [0.2, 0.25) is 17.7 Å². The Morgan fingerprint density at radius 1 is 0.853 bits per heavy atom. The van der Waals surface area contributed by atoms with Crippen molar-refractivity contribution in [3.05, 3.63) is 0 Å². The molecule has 7 heteroatoms. The zero-order chi connectivity index (χ0) is 25.0. The number of nitrogens with zero attached hydrogens (tertiary/aromatic N) is 1. The van der Waals surface area contributed by atoms with Crippen molar-refractivity contribution < 1.29 is 14.4 Å². The van der Waals surface area contributed by atoms with Gasteiger partial charge in [0, 0.05) is 13.0 Å². The Morgan fingerprint density at radius 3 is 1.94 bits per heavy atom. The second kappa shape index (κ2) is 19.7. The van der Waals surface area contributed by atoms with E-state index >= 15 is 0 Å². The summed E-state index contributed by atoms with van der Waals surface area (Å²) in [5.74, 6) is -0.731. The molecule has 0 unspecified atom stereocenters. The minimum atomic E-state index is -0.596. The second-order valence-electron chi connectivity index (χ2n) is 9.99. The summed E-state index contributed by atoms with van der Waals surface area (Å²) in [6.07, 6.45) is 20.4. The third kappa shape index (κ3) is 13.3. The first-order valence-corrected chi connectivity index (χ1v) is 14.1. The summed E-state index contributed by atoms with van der Waals surface area (Å²) >= 11 is 0. The van der Waals surface area contributed by atoms with Crippen molar-refractivity contribution in [1.82, 2.24) is 10.2 Å². The van der Waals surface area contributed by atoms with Gasteiger partial charge in [-0.05, 0) is 45.1 Å². The second-order valence-corrected chi connectivity index (χ2v) is 9.99. The molecule has 2 atom stereocenters. The molecule has 0 spiro atoms. The first-order valence-electron chi connectivity index (χ1n) is 14.1. The number of nitrogens with one attached hydrogen (secondary N) is 1. The van der Waals surface area contributed by atoms with E-state index in [-0.39, 0.29) is 11.8 Å². The first kappa shape index (κ1) is 30.4. The van der Waals surface area contributed by atoms with Gasteiger partial charge in [-0.1, -0.05) is 84.0 Å². The molecular formula is C27H52N4O3. The van der Waals surface area contributed by atoms with E-state index in [1.807, 2.05) is 0 Å². The van der Waals surface area contributed by atoms with Crippen LogP contribution in [0.5, 0.6) is 0 Å². The average Bonchev–Trinajstić information content (AvgIpc) is 3.31. The number of unbranched alkanes of at least 4 members (excludes halogenated alkanes) is 13. The summed E-state index contributed by atoms with van der Waals surface area (Å²) in [6.45, 7) is 3.34. The first-order chi connectivity index (χ1) is 16.5. The molecule has 0 saturated carbocycles. The van der Waals surface area contributed by atoms with E-state index in [9.17, 15) is 14.4 Å². The van der Waals surface area contributed by atoms with E-state index in [0.29, 0.717) is 32.4 Å². The minimum Gasteiger partial charge on any atom is -0.368 e. The molecule has 3 amide bonds. The number of primary amides is 1. The fourth-order valence-electron chi connectivity index (χ4n) is 4.85. The van der Waals surface area contributed by atoms with E-state index in [0.717, 1.165) is 38.5 Å². The number of carbonyl (C=O) groups is 3. The van der Waals surface area contributed by atoms with Crippen molar-refractivity contribution in [3.8, 4) is 0 Å². The van der Waals surface area contributed by atoms with E-state index in [1.165, 1.54) is 64.2 Å². The molecular weight excluding hydrogens is 428 g/mol. The number of rotatable bonds is 21. The Kier molecular flexibility index (Phi) is 17.6. The van der Waals surface area contributed by atoms with Crippen LogP contribution in [0.25, 0.3) is 0 Å². The van der Waals surface area contributed by atoms with Crippen molar-refractivity contribution in [2.75, 3.05) is 13.1 Å². The fourth-order valence-corrected chi connectivity index (χ4v) is 4.85. The third-order valence-corrected chi connectivity index (χ3v) is 6.95. The molecule has 1 fully saturated rings. The van der Waals surface area contributed by atoms with E-state index < -0.39 is 18.0 Å². The Balaban J connectivity index is 2.22. The van der Waals surface area contributed by atoms with Gasteiger partial charge in [-0.25, -0.2) is 0 Å². The van der Waals surface area contributed by atoms with Gasteiger partial charge in [0.05, 0.1) is 0 Å². The number of likely N-dealkylation sites (tertiary alicyclic amines) is 1. The molecule has 34 heavy (non-hydrogen) atoms. The van der Waals surface area contributed by atoms with Crippen LogP contribution in [-0.2, 0) is 14.4 Å². The lowest BCUT2D eigenvalue weighted by Crippen LogP contribution is -2.52. The van der Waals surface area contributed by atoms with Gasteiger partial charge in [0.15, 0.2) is 0 Å². The maximum atomic E-state index is 13.1. The number of carbonyl (C=O) groups excluding carboxylic acids is 3. The Labute approximate surface area is 208 Å². The summed E-state index contributed by atoms with van der Waals surface area (Å²) < 4.78 is 0. The molecule has 0 aliphatic carbocycles. The summed E-state index contributed by atoms with van der Waals surface area (Å²) in [5.41, 5.74) is 11.1. The van der Waals surface area contributed by atoms with Crippen LogP contribution < -0.4 is 16.8 Å². The molecule has 1 saturated heterocycles. The highest BCUT2D eigenvalue weighted by Crippen LogP contribution is 2.19. The Hall–Kier alpha value is -1.63. The zero-order valence-corrected chi connectivity index (χ0v) is 21.8. The number of hydrogen-bond acceptors (Lipinski definition) is 4. The molecule has 1 aliphatic heterocycles. The number of nitrogens with two attached hydrogens (primary N) is 2. The van der Waals surface area contributed by atoms with Crippen molar-refractivity contribution in [2.45, 2.75) is 141 Å². The average molecular weight is 481 g/mol. The summed E-state index contributed by atoms with van der Waals surface area (Å²) in [6, 6.07) is -1.15. The molecule has 1 aliphatic rings. The highest BCUT2D eigenvalue weighted by Gasteiger charge is 2.36. The number of amides is 3. The highest BCUT2D eigenvalue weighted by molar-refractivity contribution is 5.92. The van der Waals surface area contributed by atoms with Gasteiger partial charge in [-0.15, -0.1) is 0 Å². The maximum Gasteiger partial charge on any atom is 0.245 e. The molecule has 198 valence electrons. The van der Waals surface area contributed by atoms with Crippen LogP contribution >= 0.6 is 0 Å². The van der Waals surface area contributed by atoms with Gasteiger partial charge < -0.3 is 21.7 Å². The van der Waals surface area contributed by atoms with E-state index in [2.05, 4.69) is 12.2 Å². The quantitative estimate of drug-likeness (QED) is 0.209. The molecule has 5 N–H and O–H groups in total. The van der Waals surface area contributed by atoms with Crippen LogP contribution in [0.1, 0.15) is 129 Å². The lowest BCUT2D eigenvalue weighted by Gasteiger charge is -2.28. The smallest absolute Gasteiger partial charge is 0.245 e. The van der Waals surface area contributed by atoms with Crippen LogP contribution in [0.2, 0.25) is 0 Å². The SMILES string of the molecule is CCCCCCCCCCCCCCCC(=O)N[C@@H](CCCCN)C(=O)N1CCC[C@H]1C(N)=O. The van der Waals surface area contributed by atoms with Crippen molar-refractivity contribution in [2.24, 2.45) is 11.5 Å². The standard InChI is InChI=1S/C27H52N4O3/c1-2-3-4-5-6-7-8-9-10-11-12-13-14-20-25(32)30-23(18-15-16-21-28)27(34)31-22-17-19-24(31)26(29)33/h23-24H,2-22,28H2,1H3,(H2,29,33)(H,30,32)/t23-,24-/m0/s1. The topological polar surface area (TPSA) is 119 Å². The summed E-state index contributed by atoms with van der Waals surface area (Å²) in [4.78, 5) is 38.8. The maximum absolute atomic E-state index is 13.1. The van der Waals surface area contributed by atoms with Crippen LogP contribution in [0.3, 0.4) is 0 Å². The minimum absolute atomic E-state index is 0.0796. The van der Waals surface area contributed by atoms with Gasteiger partial charge in [-0.3, -0.25) is 14.4 Å². The van der Waals surface area contributed by atoms with Crippen LogP contribution in [0.4, 0.5) is 0 Å². The molecule has 0 aromatic heterocycles. The van der Waals surface area contributed by atoms with E-state index in [4.69, 9.17) is 11.5 Å².